The van der Waals surface area contributed by atoms with E-state index in [1.54, 1.807) is 28.9 Å². The number of morpholine rings is 1. The number of aromatic nitrogens is 3. The highest BCUT2D eigenvalue weighted by atomic mass is 19.1. The summed E-state index contributed by atoms with van der Waals surface area (Å²) in [5, 5.41) is 11.4. The lowest BCUT2D eigenvalue weighted by Gasteiger charge is -2.41. The molecule has 0 unspecified atom stereocenters. The van der Waals surface area contributed by atoms with E-state index >= 15 is 0 Å². The normalized spacial score (nSPS) is 16.1. The van der Waals surface area contributed by atoms with Gasteiger partial charge < -0.3 is 20.1 Å². The Hall–Kier alpha value is -4.02. The molecule has 2 fully saturated rings. The number of aryl methyl sites for hydroxylation is 1. The second-order valence-corrected chi connectivity index (χ2v) is 11.4. The number of hydrogen-bond acceptors (Lipinski definition) is 7. The van der Waals surface area contributed by atoms with E-state index in [0.29, 0.717) is 35.4 Å². The van der Waals surface area contributed by atoms with Crippen LogP contribution in [0.1, 0.15) is 42.6 Å². The zero-order valence-corrected chi connectivity index (χ0v) is 23.6. The zero-order chi connectivity index (χ0) is 28.6. The van der Waals surface area contributed by atoms with Crippen molar-refractivity contribution in [3.05, 3.63) is 71.7 Å². The molecule has 1 saturated heterocycles. The molecule has 214 valence electrons. The number of amides is 1. The average molecular weight is 559 g/mol. The number of carbonyl (C=O) groups excluding carboxylic acids is 1. The fraction of sp³-hybridized carbons (Fsp3) is 0.387. The van der Waals surface area contributed by atoms with Crippen LogP contribution in [0.5, 0.6) is 11.6 Å². The number of nitrogens with one attached hydrogen (secondary N) is 2. The van der Waals surface area contributed by atoms with E-state index in [1.807, 2.05) is 25.1 Å². The lowest BCUT2D eigenvalue weighted by molar-refractivity contribution is -0.00568. The summed E-state index contributed by atoms with van der Waals surface area (Å²) in [7, 11) is 0. The van der Waals surface area contributed by atoms with Crippen LogP contribution in [0.3, 0.4) is 0 Å². The lowest BCUT2D eigenvalue weighted by Crippen LogP contribution is -2.53. The number of benzene rings is 2. The van der Waals surface area contributed by atoms with E-state index in [0.717, 1.165) is 61.7 Å². The molecule has 0 radical (unpaired) electrons. The summed E-state index contributed by atoms with van der Waals surface area (Å²) < 4.78 is 27.2. The summed E-state index contributed by atoms with van der Waals surface area (Å²) in [5.41, 5.74) is 4.38. The van der Waals surface area contributed by atoms with E-state index in [-0.39, 0.29) is 11.4 Å². The maximum atomic E-state index is 13.9. The smallest absolute Gasteiger partial charge is 0.251 e. The molecule has 0 spiro atoms. The molecule has 1 amide bonds. The number of ether oxygens (including phenoxy) is 2. The molecule has 3 heterocycles. The van der Waals surface area contributed by atoms with Gasteiger partial charge in [-0.2, -0.15) is 0 Å². The number of nitrogens with zero attached hydrogens (tertiary/aromatic N) is 4. The first-order valence-corrected chi connectivity index (χ1v) is 14.1. The number of halogens is 1. The molecule has 2 aromatic carbocycles. The van der Waals surface area contributed by atoms with Gasteiger partial charge in [-0.05, 0) is 63.4 Å². The molecule has 1 aliphatic carbocycles. The predicted molar refractivity (Wildman–Crippen MR) is 155 cm³/mol. The van der Waals surface area contributed by atoms with Crippen molar-refractivity contribution in [2.75, 3.05) is 38.2 Å². The lowest BCUT2D eigenvalue weighted by atomic mass is 10.0. The molecule has 6 rings (SSSR count). The minimum Gasteiger partial charge on any atom is -0.437 e. The van der Waals surface area contributed by atoms with Crippen molar-refractivity contribution in [3.8, 4) is 22.9 Å². The summed E-state index contributed by atoms with van der Waals surface area (Å²) in [6.07, 6.45) is 3.85. The van der Waals surface area contributed by atoms with Gasteiger partial charge in [-0.1, -0.05) is 12.1 Å². The second kappa shape index (κ2) is 11.1. The van der Waals surface area contributed by atoms with Gasteiger partial charge in [0.1, 0.15) is 11.6 Å². The van der Waals surface area contributed by atoms with E-state index in [9.17, 15) is 9.18 Å². The molecule has 1 aliphatic heterocycles. The van der Waals surface area contributed by atoms with Crippen molar-refractivity contribution >= 4 is 17.2 Å². The monoisotopic (exact) mass is 558 g/mol. The SMILES string of the molecule is Cc1cc(-c2cnc3c(NCC(C)(C)N4CCOCC4)cc(Oc4cccc(F)c4)nn23)ccc1C(=O)NC1CC1. The standard InChI is InChI=1S/C31H35FN6O3/c1-20-15-21(7-10-25(20)30(39)35-23-8-9-23)27-18-33-29-26(34-19-31(2,3)37-11-13-40-14-12-37)17-28(36-38(27)29)41-24-6-4-5-22(32)16-24/h4-7,10,15-18,23,34H,8-9,11-14,19H2,1-3H3,(H,35,39). The van der Waals surface area contributed by atoms with E-state index in [1.165, 1.54) is 12.1 Å². The highest BCUT2D eigenvalue weighted by Gasteiger charge is 2.29. The fourth-order valence-corrected chi connectivity index (χ4v) is 5.13. The Morgan fingerprint density at radius 2 is 1.95 bits per heavy atom. The summed E-state index contributed by atoms with van der Waals surface area (Å²) in [6.45, 7) is 10.2. The fourth-order valence-electron chi connectivity index (χ4n) is 5.13. The van der Waals surface area contributed by atoms with Crippen molar-refractivity contribution in [2.24, 2.45) is 0 Å². The van der Waals surface area contributed by atoms with Gasteiger partial charge in [-0.15, -0.1) is 5.10 Å². The summed E-state index contributed by atoms with van der Waals surface area (Å²) in [4.78, 5) is 19.8. The molecule has 2 N–H and O–H groups in total. The topological polar surface area (TPSA) is 93.0 Å². The van der Waals surface area contributed by atoms with Gasteiger partial charge in [0.15, 0.2) is 5.65 Å². The average Bonchev–Trinajstić information content (AvgIpc) is 3.67. The molecule has 1 saturated carbocycles. The Labute approximate surface area is 238 Å². The van der Waals surface area contributed by atoms with E-state index < -0.39 is 5.82 Å². The molecule has 2 aromatic heterocycles. The number of hydrogen-bond donors (Lipinski definition) is 2. The Kier molecular flexibility index (Phi) is 7.35. The van der Waals surface area contributed by atoms with Gasteiger partial charge in [-0.25, -0.2) is 13.9 Å². The van der Waals surface area contributed by atoms with Gasteiger partial charge in [0, 0.05) is 54.5 Å². The third-order valence-corrected chi connectivity index (χ3v) is 7.72. The first-order chi connectivity index (χ1) is 19.8. The minimum atomic E-state index is -0.390. The molecule has 2 aliphatic rings. The maximum absolute atomic E-state index is 13.9. The Balaban J connectivity index is 1.34. The first-order valence-electron chi connectivity index (χ1n) is 14.1. The van der Waals surface area contributed by atoms with Gasteiger partial charge >= 0.3 is 0 Å². The minimum absolute atomic E-state index is 0.0482. The van der Waals surface area contributed by atoms with Crippen molar-refractivity contribution in [2.45, 2.75) is 45.2 Å². The van der Waals surface area contributed by atoms with Crippen LogP contribution in [0.25, 0.3) is 16.9 Å². The molecule has 0 bridgehead atoms. The van der Waals surface area contributed by atoms with Crippen molar-refractivity contribution < 1.29 is 18.7 Å². The van der Waals surface area contributed by atoms with Crippen molar-refractivity contribution in [1.29, 1.82) is 0 Å². The Morgan fingerprint density at radius 1 is 1.15 bits per heavy atom. The molecule has 9 nitrogen and oxygen atoms in total. The van der Waals surface area contributed by atoms with Gasteiger partial charge in [0.25, 0.3) is 5.91 Å². The number of rotatable bonds is 9. The Morgan fingerprint density at radius 3 is 2.68 bits per heavy atom. The van der Waals surface area contributed by atoms with Crippen LogP contribution in [0, 0.1) is 12.7 Å². The van der Waals surface area contributed by atoms with Gasteiger partial charge in [0.05, 0.1) is 30.8 Å². The quantitative estimate of drug-likeness (QED) is 0.297. The zero-order valence-electron chi connectivity index (χ0n) is 23.6. The van der Waals surface area contributed by atoms with Crippen LogP contribution in [-0.2, 0) is 4.74 Å². The van der Waals surface area contributed by atoms with Crippen LogP contribution in [0.2, 0.25) is 0 Å². The van der Waals surface area contributed by atoms with E-state index in [2.05, 4.69) is 29.4 Å². The van der Waals surface area contributed by atoms with Gasteiger partial charge in [-0.3, -0.25) is 9.69 Å². The summed E-state index contributed by atoms with van der Waals surface area (Å²) >= 11 is 0. The van der Waals surface area contributed by atoms with Crippen molar-refractivity contribution in [3.63, 3.8) is 0 Å². The number of carbonyl (C=O) groups is 1. The van der Waals surface area contributed by atoms with Crippen LogP contribution in [0.4, 0.5) is 10.1 Å². The number of fused-ring (bicyclic) bond motifs is 1. The van der Waals surface area contributed by atoms with E-state index in [4.69, 9.17) is 19.6 Å². The molecular formula is C31H35FN6O3. The molecule has 41 heavy (non-hydrogen) atoms. The molecule has 10 heteroatoms. The maximum Gasteiger partial charge on any atom is 0.251 e. The van der Waals surface area contributed by atoms with Gasteiger partial charge in [0.2, 0.25) is 5.88 Å². The number of anilines is 1. The molecule has 0 atom stereocenters. The highest BCUT2D eigenvalue weighted by molar-refractivity contribution is 5.96. The van der Waals surface area contributed by atoms with Crippen LogP contribution >= 0.6 is 0 Å². The third-order valence-electron chi connectivity index (χ3n) is 7.72. The summed E-state index contributed by atoms with van der Waals surface area (Å²) in [5.74, 6) is 0.206. The highest BCUT2D eigenvalue weighted by Crippen LogP contribution is 2.31. The molecule has 4 aromatic rings. The predicted octanol–water partition coefficient (Wildman–Crippen LogP) is 5.05. The first kappa shape index (κ1) is 27.2. The van der Waals surface area contributed by atoms with Crippen LogP contribution in [-0.4, -0.2) is 69.8 Å². The number of imidazole rings is 1. The Bertz CT molecular complexity index is 1580. The largest absolute Gasteiger partial charge is 0.437 e. The van der Waals surface area contributed by atoms with Crippen LogP contribution < -0.4 is 15.4 Å². The second-order valence-electron chi connectivity index (χ2n) is 11.4. The molecular weight excluding hydrogens is 523 g/mol. The van der Waals surface area contributed by atoms with Crippen molar-refractivity contribution in [1.82, 2.24) is 24.8 Å². The van der Waals surface area contributed by atoms with Crippen LogP contribution in [0.15, 0.2) is 54.7 Å². The summed E-state index contributed by atoms with van der Waals surface area (Å²) in [6, 6.07) is 13.8. The third kappa shape index (κ3) is 6.03.